The predicted molar refractivity (Wildman–Crippen MR) is 99.4 cm³/mol. The van der Waals surface area contributed by atoms with Crippen molar-refractivity contribution in [3.05, 3.63) is 58.9 Å². The molecule has 0 bridgehead atoms. The van der Waals surface area contributed by atoms with Crippen LogP contribution in [0.25, 0.3) is 10.9 Å². The lowest BCUT2D eigenvalue weighted by Crippen LogP contribution is -2.38. The maximum atomic E-state index is 12.3. The summed E-state index contributed by atoms with van der Waals surface area (Å²) in [6.45, 7) is 13.0. The third-order valence-corrected chi connectivity index (χ3v) is 5.21. The van der Waals surface area contributed by atoms with Gasteiger partial charge in [0.2, 0.25) is 0 Å². The summed E-state index contributed by atoms with van der Waals surface area (Å²) in [5.41, 5.74) is 3.67. The summed E-state index contributed by atoms with van der Waals surface area (Å²) in [6, 6.07) is 3.99. The highest BCUT2D eigenvalue weighted by molar-refractivity contribution is 5.87. The average Bonchev–Trinajstić information content (AvgIpc) is 2.75. The van der Waals surface area contributed by atoms with Crippen molar-refractivity contribution in [2.75, 3.05) is 25.5 Å². The number of aromatic amines is 1. The van der Waals surface area contributed by atoms with Crippen LogP contribution in [-0.4, -0.2) is 35.5 Å². The van der Waals surface area contributed by atoms with Crippen molar-refractivity contribution in [1.29, 1.82) is 0 Å². The monoisotopic (exact) mass is 324 g/mol. The molecule has 1 aromatic heterocycles. The number of nitrogens with one attached hydrogen (secondary N) is 1. The van der Waals surface area contributed by atoms with Crippen LogP contribution in [-0.2, 0) is 5.41 Å². The molecule has 5 heteroatoms. The molecule has 1 aliphatic heterocycles. The Bertz CT molecular complexity index is 898. The van der Waals surface area contributed by atoms with Gasteiger partial charge in [-0.3, -0.25) is 4.79 Å². The number of likely N-dealkylation sites (N-methyl/N-ethyl adjacent to an activating group) is 2. The minimum absolute atomic E-state index is 0.100. The van der Waals surface area contributed by atoms with Gasteiger partial charge in [-0.15, -0.1) is 0 Å². The van der Waals surface area contributed by atoms with Gasteiger partial charge in [-0.25, -0.2) is 4.98 Å². The molecule has 24 heavy (non-hydrogen) atoms. The van der Waals surface area contributed by atoms with E-state index in [1.807, 2.05) is 26.4 Å². The maximum Gasteiger partial charge on any atom is 0.258 e. The van der Waals surface area contributed by atoms with Gasteiger partial charge in [-0.05, 0) is 37.2 Å². The van der Waals surface area contributed by atoms with Gasteiger partial charge in [0.25, 0.3) is 5.56 Å². The topological polar surface area (TPSA) is 52.2 Å². The second-order valence-electron chi connectivity index (χ2n) is 6.58. The zero-order valence-corrected chi connectivity index (χ0v) is 14.8. The molecule has 1 aromatic carbocycles. The molecular formula is C19H24N4O. The number of fused-ring (bicyclic) bond motifs is 2. The van der Waals surface area contributed by atoms with Crippen molar-refractivity contribution in [2.45, 2.75) is 25.7 Å². The Kier molecular flexibility index (Phi) is 3.74. The molecule has 2 aromatic rings. The van der Waals surface area contributed by atoms with Gasteiger partial charge in [0.05, 0.1) is 16.3 Å². The largest absolute Gasteiger partial charge is 0.380 e. The van der Waals surface area contributed by atoms with Crippen molar-refractivity contribution in [1.82, 2.24) is 14.9 Å². The molecule has 3 rings (SSSR count). The number of hydrogen-bond donors (Lipinski definition) is 1. The highest BCUT2D eigenvalue weighted by atomic mass is 16.1. The highest BCUT2D eigenvalue weighted by Crippen LogP contribution is 2.49. The van der Waals surface area contributed by atoms with E-state index in [0.29, 0.717) is 11.2 Å². The van der Waals surface area contributed by atoms with Crippen molar-refractivity contribution < 1.29 is 0 Å². The second kappa shape index (κ2) is 5.51. The van der Waals surface area contributed by atoms with Crippen LogP contribution in [0.2, 0.25) is 0 Å². The van der Waals surface area contributed by atoms with Gasteiger partial charge in [0.15, 0.2) is 0 Å². The fraction of sp³-hybridized carbons (Fsp3) is 0.368. The molecule has 0 aliphatic carbocycles. The predicted octanol–water partition coefficient (Wildman–Crippen LogP) is 2.92. The quantitative estimate of drug-likeness (QED) is 0.939. The molecule has 0 radical (unpaired) electrons. The summed E-state index contributed by atoms with van der Waals surface area (Å²) < 4.78 is 0. The summed E-state index contributed by atoms with van der Waals surface area (Å²) in [5, 5.41) is 0.614. The van der Waals surface area contributed by atoms with E-state index >= 15 is 0 Å². The van der Waals surface area contributed by atoms with Gasteiger partial charge in [0.1, 0.15) is 5.82 Å². The number of nitrogens with zero attached hydrogens (tertiary/aromatic N) is 3. The van der Waals surface area contributed by atoms with E-state index in [9.17, 15) is 4.79 Å². The molecule has 0 saturated heterocycles. The first-order valence-corrected chi connectivity index (χ1v) is 8.15. The van der Waals surface area contributed by atoms with Crippen LogP contribution >= 0.6 is 0 Å². The van der Waals surface area contributed by atoms with Crippen molar-refractivity contribution >= 4 is 16.6 Å². The van der Waals surface area contributed by atoms with E-state index in [1.54, 1.807) is 6.92 Å². The number of aromatic nitrogens is 2. The lowest BCUT2D eigenvalue weighted by molar-refractivity contribution is 0.338. The number of anilines is 1. The van der Waals surface area contributed by atoms with E-state index in [2.05, 4.69) is 45.9 Å². The van der Waals surface area contributed by atoms with Gasteiger partial charge < -0.3 is 14.8 Å². The molecule has 0 amide bonds. The van der Waals surface area contributed by atoms with E-state index in [0.717, 1.165) is 29.9 Å². The lowest BCUT2D eigenvalue weighted by Gasteiger charge is -2.34. The summed E-state index contributed by atoms with van der Waals surface area (Å²) >= 11 is 0. The second-order valence-corrected chi connectivity index (χ2v) is 6.58. The third-order valence-electron chi connectivity index (χ3n) is 5.21. The lowest BCUT2D eigenvalue weighted by atomic mass is 9.77. The Morgan fingerprint density at radius 2 is 2.17 bits per heavy atom. The first-order chi connectivity index (χ1) is 11.3. The average molecular weight is 324 g/mol. The van der Waals surface area contributed by atoms with Crippen molar-refractivity contribution in [2.24, 2.45) is 0 Å². The molecule has 2 heterocycles. The SMILES string of the molecule is C=CN(C)CC1(CC)C(=C)N(C)c2cc3c(=O)[nH]c(C)nc3cc21. The van der Waals surface area contributed by atoms with E-state index in [4.69, 9.17) is 0 Å². The Morgan fingerprint density at radius 1 is 1.46 bits per heavy atom. The number of benzene rings is 1. The zero-order chi connectivity index (χ0) is 17.6. The Labute approximate surface area is 142 Å². The summed E-state index contributed by atoms with van der Waals surface area (Å²) in [6.07, 6.45) is 2.74. The maximum absolute atomic E-state index is 12.3. The summed E-state index contributed by atoms with van der Waals surface area (Å²) in [7, 11) is 4.03. The fourth-order valence-electron chi connectivity index (χ4n) is 3.75. The molecule has 5 nitrogen and oxygen atoms in total. The van der Waals surface area contributed by atoms with Crippen LogP contribution in [0.15, 0.2) is 42.0 Å². The summed E-state index contributed by atoms with van der Waals surface area (Å²) in [5.74, 6) is 0.628. The van der Waals surface area contributed by atoms with Crippen LogP contribution in [0.5, 0.6) is 0 Å². The van der Waals surface area contributed by atoms with E-state index in [-0.39, 0.29) is 11.0 Å². The van der Waals surface area contributed by atoms with Crippen LogP contribution in [0, 0.1) is 6.92 Å². The Balaban J connectivity index is 2.31. The van der Waals surface area contributed by atoms with E-state index < -0.39 is 0 Å². The van der Waals surface area contributed by atoms with Gasteiger partial charge in [0, 0.05) is 32.0 Å². The number of rotatable bonds is 4. The number of hydrogen-bond acceptors (Lipinski definition) is 4. The minimum atomic E-state index is -0.209. The molecule has 0 spiro atoms. The zero-order valence-electron chi connectivity index (χ0n) is 14.8. The minimum Gasteiger partial charge on any atom is -0.380 e. The molecule has 1 N–H and O–H groups in total. The van der Waals surface area contributed by atoms with Crippen LogP contribution in [0.4, 0.5) is 5.69 Å². The molecule has 1 atom stereocenters. The molecule has 1 unspecified atom stereocenters. The molecule has 126 valence electrons. The first-order valence-electron chi connectivity index (χ1n) is 8.15. The Morgan fingerprint density at radius 3 is 2.79 bits per heavy atom. The fourth-order valence-corrected chi connectivity index (χ4v) is 3.75. The van der Waals surface area contributed by atoms with Crippen molar-refractivity contribution in [3.8, 4) is 0 Å². The third kappa shape index (κ3) is 2.15. The first kappa shape index (κ1) is 16.3. The van der Waals surface area contributed by atoms with Gasteiger partial charge in [-0.1, -0.05) is 20.1 Å². The molecule has 0 fully saturated rings. The smallest absolute Gasteiger partial charge is 0.258 e. The molecule has 0 saturated carbocycles. The normalized spacial score (nSPS) is 19.7. The number of aryl methyl sites for hydroxylation is 1. The van der Waals surface area contributed by atoms with Crippen LogP contribution < -0.4 is 10.5 Å². The Hall–Kier alpha value is -2.56. The standard InChI is InChI=1S/C19H24N4O/c1-7-19(11-22(5)8-2)12(3)23(6)17-9-14-16(10-15(17)19)20-13(4)21-18(14)24/h8-10H,2-3,7,11H2,1,4-6H3,(H,20,21,24). The molecular weight excluding hydrogens is 300 g/mol. The van der Waals surface area contributed by atoms with Gasteiger partial charge in [-0.2, -0.15) is 0 Å². The molecule has 1 aliphatic rings. The van der Waals surface area contributed by atoms with E-state index in [1.165, 1.54) is 5.56 Å². The van der Waals surface area contributed by atoms with Crippen LogP contribution in [0.3, 0.4) is 0 Å². The van der Waals surface area contributed by atoms with Crippen molar-refractivity contribution in [3.63, 3.8) is 0 Å². The van der Waals surface area contributed by atoms with Gasteiger partial charge >= 0.3 is 0 Å². The number of H-pyrrole nitrogens is 1. The van der Waals surface area contributed by atoms with Crippen LogP contribution in [0.1, 0.15) is 24.7 Å². The highest BCUT2D eigenvalue weighted by Gasteiger charge is 2.44. The summed E-state index contributed by atoms with van der Waals surface area (Å²) in [4.78, 5) is 23.8.